The lowest BCUT2D eigenvalue weighted by molar-refractivity contribution is -0.122. The zero-order valence-corrected chi connectivity index (χ0v) is 19.4. The number of halogens is 1. The third kappa shape index (κ3) is 14.3. The number of aliphatic imine (C=N–C) groups is 1. The highest BCUT2D eigenvalue weighted by molar-refractivity contribution is 14.0. The molecule has 0 fully saturated rings. The Morgan fingerprint density at radius 2 is 1.88 bits per heavy atom. The molecule has 1 unspecified atom stereocenters. The maximum absolute atomic E-state index is 12.1. The monoisotopic (exact) mass is 470 g/mol. The predicted molar refractivity (Wildman–Crippen MR) is 117 cm³/mol. The van der Waals surface area contributed by atoms with Gasteiger partial charge in [-0.25, -0.2) is 0 Å². The minimum absolute atomic E-state index is 0. The van der Waals surface area contributed by atoms with Crippen molar-refractivity contribution in [3.05, 3.63) is 0 Å². The number of aliphatic hydroxyl groups is 1. The maximum Gasteiger partial charge on any atom is 0.240 e. The second-order valence-corrected chi connectivity index (χ2v) is 7.86. The van der Waals surface area contributed by atoms with Crippen LogP contribution in [0.2, 0.25) is 0 Å². The van der Waals surface area contributed by atoms with Gasteiger partial charge in [-0.3, -0.25) is 9.79 Å². The van der Waals surface area contributed by atoms with Crippen LogP contribution in [0.5, 0.6) is 0 Å². The molecular weight excluding hydrogens is 431 g/mol. The van der Waals surface area contributed by atoms with E-state index in [2.05, 4.69) is 29.5 Å². The van der Waals surface area contributed by atoms with E-state index in [4.69, 9.17) is 0 Å². The minimum atomic E-state index is -0.239. The summed E-state index contributed by atoms with van der Waals surface area (Å²) in [6.07, 6.45) is 1.80. The number of nitrogens with zero attached hydrogens (tertiary/aromatic N) is 2. The van der Waals surface area contributed by atoms with Crippen LogP contribution in [-0.2, 0) is 4.79 Å². The Labute approximate surface area is 171 Å². The molecule has 0 saturated heterocycles. The average Bonchev–Trinajstić information content (AvgIpc) is 2.40. The fourth-order valence-electron chi connectivity index (χ4n) is 2.57. The molecule has 0 aliphatic heterocycles. The third-order valence-electron chi connectivity index (χ3n) is 3.43. The van der Waals surface area contributed by atoms with Crippen LogP contribution in [-0.4, -0.2) is 60.7 Å². The lowest BCUT2D eigenvalue weighted by Gasteiger charge is -2.26. The first kappa shape index (κ1) is 26.7. The molecule has 25 heavy (non-hydrogen) atoms. The molecule has 0 saturated carbocycles. The van der Waals surface area contributed by atoms with Crippen LogP contribution in [0.1, 0.15) is 54.4 Å². The van der Waals surface area contributed by atoms with E-state index in [-0.39, 0.29) is 48.6 Å². The van der Waals surface area contributed by atoms with Crippen molar-refractivity contribution in [3.63, 3.8) is 0 Å². The Hall–Kier alpha value is -0.570. The molecule has 0 aromatic carbocycles. The molecule has 0 radical (unpaired) electrons. The molecule has 0 aromatic heterocycles. The SMILES string of the molecule is CCNC(=NCC(CCO)CC(C)C)N(C)CC(=O)NC(C)(C)C.I. The number of aliphatic hydroxyl groups excluding tert-OH is 1. The van der Waals surface area contributed by atoms with Crippen molar-refractivity contribution in [1.82, 2.24) is 15.5 Å². The van der Waals surface area contributed by atoms with Gasteiger partial charge in [0.15, 0.2) is 5.96 Å². The molecule has 6 nitrogen and oxygen atoms in total. The van der Waals surface area contributed by atoms with Crippen molar-refractivity contribution < 1.29 is 9.90 Å². The quantitative estimate of drug-likeness (QED) is 0.275. The number of rotatable bonds is 9. The predicted octanol–water partition coefficient (Wildman–Crippen LogP) is 2.46. The van der Waals surface area contributed by atoms with Crippen molar-refractivity contribution >= 4 is 35.8 Å². The largest absolute Gasteiger partial charge is 0.396 e. The normalized spacial score (nSPS) is 13.2. The first-order valence-electron chi connectivity index (χ1n) is 9.00. The zero-order valence-electron chi connectivity index (χ0n) is 17.1. The zero-order chi connectivity index (χ0) is 18.8. The fraction of sp³-hybridized carbons (Fsp3) is 0.889. The van der Waals surface area contributed by atoms with E-state index in [1.54, 1.807) is 0 Å². The lowest BCUT2D eigenvalue weighted by Crippen LogP contribution is -2.48. The molecule has 0 aliphatic rings. The van der Waals surface area contributed by atoms with E-state index in [1.165, 1.54) is 0 Å². The summed E-state index contributed by atoms with van der Waals surface area (Å²) < 4.78 is 0. The second kappa shape index (κ2) is 13.6. The smallest absolute Gasteiger partial charge is 0.240 e. The summed E-state index contributed by atoms with van der Waals surface area (Å²) in [4.78, 5) is 18.6. The highest BCUT2D eigenvalue weighted by Gasteiger charge is 2.17. The van der Waals surface area contributed by atoms with Crippen LogP contribution in [0, 0.1) is 11.8 Å². The van der Waals surface area contributed by atoms with Crippen LogP contribution >= 0.6 is 24.0 Å². The molecule has 0 aliphatic carbocycles. The number of hydrogen-bond acceptors (Lipinski definition) is 3. The number of amides is 1. The summed E-state index contributed by atoms with van der Waals surface area (Å²) in [5.41, 5.74) is -0.239. The van der Waals surface area contributed by atoms with Gasteiger partial charge >= 0.3 is 0 Å². The molecule has 150 valence electrons. The summed E-state index contributed by atoms with van der Waals surface area (Å²) >= 11 is 0. The maximum atomic E-state index is 12.1. The molecule has 0 bridgehead atoms. The molecule has 1 atom stereocenters. The van der Waals surface area contributed by atoms with E-state index in [0.717, 1.165) is 25.3 Å². The number of carbonyl (C=O) groups is 1. The van der Waals surface area contributed by atoms with Gasteiger partial charge in [0, 0.05) is 32.3 Å². The summed E-state index contributed by atoms with van der Waals surface area (Å²) in [6.45, 7) is 14.1. The molecule has 7 heteroatoms. The van der Waals surface area contributed by atoms with E-state index < -0.39 is 0 Å². The van der Waals surface area contributed by atoms with Gasteiger partial charge in [0.05, 0.1) is 6.54 Å². The van der Waals surface area contributed by atoms with Crippen LogP contribution in [0.25, 0.3) is 0 Å². The fourth-order valence-corrected chi connectivity index (χ4v) is 2.57. The van der Waals surface area contributed by atoms with Gasteiger partial charge in [0.2, 0.25) is 5.91 Å². The Balaban J connectivity index is 0. The Kier molecular flexibility index (Phi) is 14.5. The van der Waals surface area contributed by atoms with Crippen molar-refractivity contribution in [2.24, 2.45) is 16.8 Å². The van der Waals surface area contributed by atoms with Gasteiger partial charge < -0.3 is 20.6 Å². The van der Waals surface area contributed by atoms with Crippen molar-refractivity contribution in [2.75, 3.05) is 33.3 Å². The Bertz CT molecular complexity index is 395. The molecule has 3 N–H and O–H groups in total. The summed E-state index contributed by atoms with van der Waals surface area (Å²) in [5, 5.41) is 15.4. The van der Waals surface area contributed by atoms with Gasteiger partial charge in [0.1, 0.15) is 0 Å². The van der Waals surface area contributed by atoms with Gasteiger partial charge in [-0.05, 0) is 52.4 Å². The van der Waals surface area contributed by atoms with Crippen LogP contribution in [0.15, 0.2) is 4.99 Å². The number of nitrogens with one attached hydrogen (secondary N) is 2. The molecule has 0 spiro atoms. The van der Waals surface area contributed by atoms with Gasteiger partial charge in [0.25, 0.3) is 0 Å². The number of carbonyl (C=O) groups excluding carboxylic acids is 1. The van der Waals surface area contributed by atoms with E-state index >= 15 is 0 Å². The third-order valence-corrected chi connectivity index (χ3v) is 3.43. The first-order valence-corrected chi connectivity index (χ1v) is 9.00. The number of hydrogen-bond donors (Lipinski definition) is 3. The highest BCUT2D eigenvalue weighted by atomic mass is 127. The van der Waals surface area contributed by atoms with Crippen LogP contribution in [0.4, 0.5) is 0 Å². The Morgan fingerprint density at radius 1 is 1.28 bits per heavy atom. The molecule has 0 aromatic rings. The van der Waals surface area contributed by atoms with Gasteiger partial charge in [-0.1, -0.05) is 13.8 Å². The van der Waals surface area contributed by atoms with E-state index in [9.17, 15) is 9.90 Å². The molecule has 0 rings (SSSR count). The van der Waals surface area contributed by atoms with Crippen LogP contribution in [0.3, 0.4) is 0 Å². The average molecular weight is 470 g/mol. The second-order valence-electron chi connectivity index (χ2n) is 7.86. The van der Waals surface area contributed by atoms with Gasteiger partial charge in [-0.2, -0.15) is 0 Å². The summed E-state index contributed by atoms with van der Waals surface area (Å²) in [6, 6.07) is 0. The molecule has 0 heterocycles. The van der Waals surface area contributed by atoms with Crippen LogP contribution < -0.4 is 10.6 Å². The standard InChI is InChI=1S/C18H38N4O2.HI/c1-8-19-17(20-12-15(9-10-23)11-14(2)3)22(7)13-16(24)21-18(4,5)6;/h14-15,23H,8-13H2,1-7H3,(H,19,20)(H,21,24);1H. The van der Waals surface area contributed by atoms with Crippen molar-refractivity contribution in [1.29, 1.82) is 0 Å². The van der Waals surface area contributed by atoms with Crippen molar-refractivity contribution in [2.45, 2.75) is 59.9 Å². The highest BCUT2D eigenvalue weighted by Crippen LogP contribution is 2.15. The Morgan fingerprint density at radius 3 is 2.32 bits per heavy atom. The summed E-state index contributed by atoms with van der Waals surface area (Å²) in [7, 11) is 1.87. The molecule has 1 amide bonds. The molecular formula is C18H39IN4O2. The minimum Gasteiger partial charge on any atom is -0.396 e. The van der Waals surface area contributed by atoms with E-state index in [1.807, 2.05) is 39.6 Å². The topological polar surface area (TPSA) is 77.0 Å². The first-order chi connectivity index (χ1) is 11.1. The summed E-state index contributed by atoms with van der Waals surface area (Å²) in [5.74, 6) is 1.65. The number of likely N-dealkylation sites (N-methyl/N-ethyl adjacent to an activating group) is 1. The van der Waals surface area contributed by atoms with Gasteiger partial charge in [-0.15, -0.1) is 24.0 Å². The van der Waals surface area contributed by atoms with E-state index in [0.29, 0.717) is 18.4 Å². The van der Waals surface area contributed by atoms with Crippen molar-refractivity contribution in [3.8, 4) is 0 Å². The lowest BCUT2D eigenvalue weighted by atomic mass is 9.94. The number of guanidine groups is 1.